The minimum Gasteiger partial charge on any atom is -1.00 e. The van der Waals surface area contributed by atoms with Gasteiger partial charge < -0.3 is 1.43 Å². The van der Waals surface area contributed by atoms with Crippen LogP contribution in [0, 0.1) is 20.8 Å². The second-order valence-electron chi connectivity index (χ2n) is 7.12. The van der Waals surface area contributed by atoms with Gasteiger partial charge >= 0.3 is 18.9 Å². The van der Waals surface area contributed by atoms with Gasteiger partial charge in [-0.05, 0) is 68.4 Å². The third-order valence-electron chi connectivity index (χ3n) is 4.09. The number of rotatable bonds is 3. The molecule has 4 heteroatoms. The molecule has 1 nitrogen and oxygen atoms in total. The molecule has 0 fully saturated rings. The molecule has 0 heterocycles. The Kier molecular flexibility index (Phi) is 7.34. The number of carbonyl (C=O) groups is 1. The van der Waals surface area contributed by atoms with E-state index < -0.39 is 0 Å². The minimum absolute atomic E-state index is 0. The third-order valence-corrected chi connectivity index (χ3v) is 5.92. The van der Waals surface area contributed by atoms with Gasteiger partial charge in [-0.25, -0.2) is 0 Å². The van der Waals surface area contributed by atoms with E-state index in [4.69, 9.17) is 11.6 Å². The topological polar surface area (TPSA) is 17.1 Å². The zero-order valence-electron chi connectivity index (χ0n) is 16.7. The first-order valence-electron chi connectivity index (χ1n) is 7.79. The van der Waals surface area contributed by atoms with Crippen molar-refractivity contribution in [1.82, 2.24) is 0 Å². The summed E-state index contributed by atoms with van der Waals surface area (Å²) in [7, 11) is 0.103. The molecule has 1 atom stereocenters. The van der Waals surface area contributed by atoms with Gasteiger partial charge in [-0.1, -0.05) is 56.6 Å². The van der Waals surface area contributed by atoms with Crippen LogP contribution >= 0.6 is 20.2 Å². The largest absolute Gasteiger partial charge is 1.00 e. The molecule has 0 radical (unpaired) electrons. The summed E-state index contributed by atoms with van der Waals surface area (Å²) in [6, 6.07) is 10.0. The fraction of sp³-hybridized carbons (Fsp3) is 0.350. The molecule has 2 aromatic carbocycles. The second-order valence-corrected chi connectivity index (χ2v) is 8.73. The number of carbonyl (C=O) groups excluding carboxylic acids is 1. The van der Waals surface area contributed by atoms with Crippen LogP contribution in [-0.2, 0) is 5.41 Å². The molecule has 0 spiro atoms. The normalized spacial score (nSPS) is 11.6. The van der Waals surface area contributed by atoms with Crippen molar-refractivity contribution in [2.45, 2.75) is 47.0 Å². The van der Waals surface area contributed by atoms with Crippen LogP contribution in [0.2, 0.25) is 5.02 Å². The molecule has 24 heavy (non-hydrogen) atoms. The maximum absolute atomic E-state index is 12.8. The average Bonchev–Trinajstić information content (AvgIpc) is 2.41. The first-order valence-corrected chi connectivity index (χ1v) is 9.17. The van der Waals surface area contributed by atoms with Crippen LogP contribution in [-0.4, -0.2) is 5.52 Å². The Labute approximate surface area is 166 Å². The Morgan fingerprint density at radius 1 is 1.04 bits per heavy atom. The van der Waals surface area contributed by atoms with E-state index in [1.54, 1.807) is 6.07 Å². The second kappa shape index (κ2) is 8.20. The van der Waals surface area contributed by atoms with Gasteiger partial charge in [0.2, 0.25) is 0 Å². The number of benzene rings is 2. The zero-order chi connectivity index (χ0) is 17.4. The van der Waals surface area contributed by atoms with Gasteiger partial charge in [0, 0.05) is 5.56 Å². The molecule has 0 saturated heterocycles. The first kappa shape index (κ1) is 21.5. The maximum Gasteiger partial charge on any atom is 1.00 e. The Morgan fingerprint density at radius 3 is 2.04 bits per heavy atom. The van der Waals surface area contributed by atoms with Crippen LogP contribution in [0.25, 0.3) is 0 Å². The van der Waals surface area contributed by atoms with Gasteiger partial charge in [0.1, 0.15) is 0 Å². The number of hydrogen-bond acceptors (Lipinski definition) is 1. The van der Waals surface area contributed by atoms with Crippen molar-refractivity contribution in [3.05, 3.63) is 63.2 Å². The number of hydrogen-bond donors (Lipinski definition) is 0. The summed E-state index contributed by atoms with van der Waals surface area (Å²) in [5.41, 5.74) is 5.51. The summed E-state index contributed by atoms with van der Waals surface area (Å²) in [6.07, 6.45) is 0. The van der Waals surface area contributed by atoms with Crippen molar-refractivity contribution in [2.75, 3.05) is 0 Å². The van der Waals surface area contributed by atoms with Gasteiger partial charge in [-0.2, -0.15) is 0 Å². The fourth-order valence-electron chi connectivity index (χ4n) is 2.69. The van der Waals surface area contributed by atoms with Crippen molar-refractivity contribution < 1.29 is 25.1 Å². The fourth-order valence-corrected chi connectivity index (χ4v) is 4.30. The molecular formula is C20H25ClLiOP. The van der Waals surface area contributed by atoms with Crippen LogP contribution in [0.1, 0.15) is 54.8 Å². The molecule has 124 valence electrons. The van der Waals surface area contributed by atoms with Crippen molar-refractivity contribution >= 4 is 31.0 Å². The van der Waals surface area contributed by atoms with Crippen LogP contribution in [0.4, 0.5) is 0 Å². The molecule has 0 saturated carbocycles. The van der Waals surface area contributed by atoms with Gasteiger partial charge in [0.05, 0.1) is 5.02 Å². The predicted molar refractivity (Wildman–Crippen MR) is 104 cm³/mol. The van der Waals surface area contributed by atoms with Gasteiger partial charge in [0.25, 0.3) is 0 Å². The molecule has 0 aliphatic rings. The van der Waals surface area contributed by atoms with Crippen LogP contribution < -0.4 is 24.2 Å². The number of aryl methyl sites for hydroxylation is 3. The molecule has 0 aliphatic carbocycles. The Morgan fingerprint density at radius 2 is 1.58 bits per heavy atom. The Bertz CT molecular complexity index is 726. The summed E-state index contributed by atoms with van der Waals surface area (Å²) in [6.45, 7) is 12.8. The first-order chi connectivity index (χ1) is 10.6. The molecule has 0 bridgehead atoms. The molecule has 0 aliphatic heterocycles. The van der Waals surface area contributed by atoms with E-state index in [0.29, 0.717) is 10.6 Å². The van der Waals surface area contributed by atoms with E-state index in [0.717, 1.165) is 10.9 Å². The zero-order valence-corrected chi connectivity index (χ0v) is 17.4. The van der Waals surface area contributed by atoms with E-state index in [2.05, 4.69) is 46.8 Å². The summed E-state index contributed by atoms with van der Waals surface area (Å²) in [5.74, 6) is 0. The summed E-state index contributed by atoms with van der Waals surface area (Å²) >= 11 is 6.24. The molecule has 2 rings (SSSR count). The van der Waals surface area contributed by atoms with Crippen molar-refractivity contribution in [1.29, 1.82) is 0 Å². The Hall–Kier alpha value is -0.573. The number of halogens is 1. The standard InChI is InChI=1S/C20H24ClOP.Li.H/c1-12-8-7-9-16(21)17(12)19(22)23-18-13(2)10-15(11-14(18)3)20(4,5)6;;/h7-11,23H,1-6H3;;/q;+1;-1. The van der Waals surface area contributed by atoms with Crippen LogP contribution in [0.15, 0.2) is 30.3 Å². The Balaban J connectivity index is 0.00000288. The van der Waals surface area contributed by atoms with E-state index in [1.807, 2.05) is 19.1 Å². The smallest absolute Gasteiger partial charge is 1.00 e. The van der Waals surface area contributed by atoms with E-state index in [1.165, 1.54) is 16.7 Å². The quantitative estimate of drug-likeness (QED) is 0.612. The monoisotopic (exact) mass is 354 g/mol. The molecule has 0 N–H and O–H groups in total. The molecule has 1 unspecified atom stereocenters. The maximum atomic E-state index is 12.8. The van der Waals surface area contributed by atoms with Crippen LogP contribution in [0.5, 0.6) is 0 Å². The molecular weight excluding hydrogens is 330 g/mol. The third kappa shape index (κ3) is 4.74. The van der Waals surface area contributed by atoms with Crippen LogP contribution in [0.3, 0.4) is 0 Å². The minimum atomic E-state index is 0. The van der Waals surface area contributed by atoms with Gasteiger partial charge in [-0.3, -0.25) is 4.79 Å². The van der Waals surface area contributed by atoms with Crippen molar-refractivity contribution in [3.63, 3.8) is 0 Å². The van der Waals surface area contributed by atoms with E-state index in [9.17, 15) is 4.79 Å². The summed E-state index contributed by atoms with van der Waals surface area (Å²) in [5, 5.41) is 1.69. The SMILES string of the molecule is Cc1cc(C(C)(C)C)cc(C)c1PC(=O)c1c(C)cccc1Cl.[H-].[Li+]. The van der Waals surface area contributed by atoms with Gasteiger partial charge in [0.15, 0.2) is 5.52 Å². The van der Waals surface area contributed by atoms with E-state index >= 15 is 0 Å². The predicted octanol–water partition coefficient (Wildman–Crippen LogP) is 2.82. The van der Waals surface area contributed by atoms with Crippen molar-refractivity contribution in [3.8, 4) is 0 Å². The molecule has 2 aromatic rings. The molecule has 0 aromatic heterocycles. The van der Waals surface area contributed by atoms with Gasteiger partial charge in [-0.15, -0.1) is 0 Å². The average molecular weight is 355 g/mol. The molecule has 0 amide bonds. The van der Waals surface area contributed by atoms with E-state index in [-0.39, 0.29) is 39.8 Å². The summed E-state index contributed by atoms with van der Waals surface area (Å²) in [4.78, 5) is 12.8. The summed E-state index contributed by atoms with van der Waals surface area (Å²) < 4.78 is 0. The van der Waals surface area contributed by atoms with Crippen molar-refractivity contribution in [2.24, 2.45) is 0 Å².